The van der Waals surface area contributed by atoms with Crippen LogP contribution in [0.4, 0.5) is 23.5 Å². The molecule has 0 unspecified atom stereocenters. The van der Waals surface area contributed by atoms with Crippen molar-refractivity contribution in [3.8, 4) is 0 Å². The van der Waals surface area contributed by atoms with Gasteiger partial charge in [0, 0.05) is 13.1 Å². The molecule has 232 valence electrons. The predicted octanol–water partition coefficient (Wildman–Crippen LogP) is -3.73. The van der Waals surface area contributed by atoms with E-state index in [-0.39, 0.29) is 23.2 Å². The largest absolute Gasteiger partial charge is 0.394 e. The third-order valence-electron chi connectivity index (χ3n) is 7.40. The van der Waals surface area contributed by atoms with Crippen LogP contribution in [0.5, 0.6) is 0 Å². The molecule has 20 heteroatoms. The number of nitrogen functional groups attached to an aromatic ring is 2. The fourth-order valence-electron chi connectivity index (χ4n) is 5.21. The average Bonchev–Trinajstić information content (AvgIpc) is 3.74. The van der Waals surface area contributed by atoms with Gasteiger partial charge in [0.25, 0.3) is 0 Å². The van der Waals surface area contributed by atoms with Crippen LogP contribution in [0.2, 0.25) is 0 Å². The third-order valence-corrected chi connectivity index (χ3v) is 7.40. The maximum atomic E-state index is 10.4. The molecule has 2 aliphatic rings. The van der Waals surface area contributed by atoms with Gasteiger partial charge in [-0.3, -0.25) is 9.13 Å². The van der Waals surface area contributed by atoms with Gasteiger partial charge in [-0.15, -0.1) is 0 Å². The second-order valence-corrected chi connectivity index (χ2v) is 10.2. The van der Waals surface area contributed by atoms with Gasteiger partial charge in [0.2, 0.25) is 11.9 Å². The second kappa shape index (κ2) is 11.6. The van der Waals surface area contributed by atoms with E-state index in [1.54, 1.807) is 0 Å². The van der Waals surface area contributed by atoms with Crippen LogP contribution in [0.25, 0.3) is 22.3 Å². The van der Waals surface area contributed by atoms with Gasteiger partial charge in [-0.1, -0.05) is 0 Å². The SMILES string of the molecule is Nc1nc(NCCCNc2nc(N)nc3c2ncn3[C@H]2O[C@@H](CO)[C@H](O)[C@@H]2O)c2ncn([C@@H]3O[C@H](CO)[C@@H](O)[C@H]3O)c2n1. The number of anilines is 4. The van der Waals surface area contributed by atoms with E-state index in [1.165, 1.54) is 21.8 Å². The van der Waals surface area contributed by atoms with Crippen LogP contribution < -0.4 is 22.1 Å². The first-order valence-corrected chi connectivity index (χ1v) is 13.4. The van der Waals surface area contributed by atoms with Gasteiger partial charge in [0.15, 0.2) is 46.4 Å². The number of rotatable bonds is 10. The van der Waals surface area contributed by atoms with Crippen LogP contribution in [0, 0.1) is 0 Å². The number of nitrogens with one attached hydrogen (secondary N) is 2. The first kappa shape index (κ1) is 29.1. The maximum Gasteiger partial charge on any atom is 0.224 e. The van der Waals surface area contributed by atoms with Crippen LogP contribution >= 0.6 is 0 Å². The summed E-state index contributed by atoms with van der Waals surface area (Å²) < 4.78 is 14.0. The van der Waals surface area contributed by atoms with Crippen molar-refractivity contribution in [1.29, 1.82) is 0 Å². The topological polar surface area (TPSA) is 303 Å². The molecule has 0 spiro atoms. The number of fused-ring (bicyclic) bond motifs is 2. The van der Waals surface area contributed by atoms with E-state index < -0.39 is 62.3 Å². The summed E-state index contributed by atoms with van der Waals surface area (Å²) in [5.74, 6) is 0.591. The molecule has 6 rings (SSSR count). The number of aromatic nitrogens is 8. The molecule has 0 aromatic carbocycles. The lowest BCUT2D eigenvalue weighted by Gasteiger charge is -2.17. The van der Waals surface area contributed by atoms with Crippen molar-refractivity contribution in [2.45, 2.75) is 55.5 Å². The number of nitrogens with zero attached hydrogens (tertiary/aromatic N) is 8. The molecule has 8 atom stereocenters. The lowest BCUT2D eigenvalue weighted by Crippen LogP contribution is -2.33. The molecule has 4 aromatic heterocycles. The van der Waals surface area contributed by atoms with Crippen LogP contribution in [0.1, 0.15) is 18.9 Å². The van der Waals surface area contributed by atoms with Gasteiger partial charge < -0.3 is 62.2 Å². The quantitative estimate of drug-likeness (QED) is 0.0777. The molecule has 20 nitrogen and oxygen atoms in total. The van der Waals surface area contributed by atoms with Gasteiger partial charge in [0.05, 0.1) is 25.9 Å². The molecular formula is C23H32N12O8. The zero-order valence-electron chi connectivity index (χ0n) is 22.5. The normalized spacial score (nSPS) is 29.2. The first-order valence-electron chi connectivity index (χ1n) is 13.4. The first-order chi connectivity index (χ1) is 20.7. The highest BCUT2D eigenvalue weighted by Gasteiger charge is 2.45. The number of nitrogens with two attached hydrogens (primary N) is 2. The monoisotopic (exact) mass is 604 g/mol. The van der Waals surface area contributed by atoms with Crippen molar-refractivity contribution >= 4 is 45.9 Å². The Balaban J connectivity index is 1.12. The summed E-state index contributed by atoms with van der Waals surface area (Å²) in [6, 6.07) is 0. The molecule has 0 aliphatic carbocycles. The Morgan fingerprint density at radius 3 is 1.47 bits per heavy atom. The minimum Gasteiger partial charge on any atom is -0.394 e. The lowest BCUT2D eigenvalue weighted by atomic mass is 10.1. The zero-order valence-corrected chi connectivity index (χ0v) is 22.5. The van der Waals surface area contributed by atoms with E-state index in [2.05, 4.69) is 40.5 Å². The smallest absolute Gasteiger partial charge is 0.224 e. The molecule has 0 radical (unpaired) electrons. The van der Waals surface area contributed by atoms with E-state index >= 15 is 0 Å². The summed E-state index contributed by atoms with van der Waals surface area (Å²) in [7, 11) is 0. The molecule has 0 bridgehead atoms. The summed E-state index contributed by atoms with van der Waals surface area (Å²) in [5.41, 5.74) is 13.1. The standard InChI is InChI=1S/C23H32N12O8/c24-22-30-16(10-18(32-22)34(6-28-10)20-14(40)12(38)8(4-36)42-20)26-2-1-3-27-17-11-19(33-23(25)31-17)35(7-29-11)21-15(41)13(39)9(5-37)43-21/h6-9,12-15,20-21,36-41H,1-5H2,(H3,24,26,30,32)(H3,25,27,31,33)/t8-,9+,12-,13+,14-,15+,20-,21+. The molecule has 0 amide bonds. The Morgan fingerprint density at radius 2 is 1.09 bits per heavy atom. The summed E-state index contributed by atoms with van der Waals surface area (Å²) in [6.45, 7) is -0.108. The van der Waals surface area contributed by atoms with Gasteiger partial charge >= 0.3 is 0 Å². The van der Waals surface area contributed by atoms with Crippen molar-refractivity contribution in [1.82, 2.24) is 39.0 Å². The van der Waals surface area contributed by atoms with Gasteiger partial charge in [-0.25, -0.2) is 9.97 Å². The van der Waals surface area contributed by atoms with E-state index in [0.717, 1.165) is 0 Å². The Hall–Kier alpha value is -4.02. The molecular weight excluding hydrogens is 572 g/mol. The van der Waals surface area contributed by atoms with Crippen LogP contribution in [-0.2, 0) is 9.47 Å². The number of hydrogen-bond donors (Lipinski definition) is 10. The summed E-state index contributed by atoms with van der Waals surface area (Å²) in [5, 5.41) is 66.2. The van der Waals surface area contributed by atoms with Gasteiger partial charge in [0.1, 0.15) is 36.6 Å². The molecule has 4 aromatic rings. The number of aliphatic hydroxyl groups is 6. The van der Waals surface area contributed by atoms with Gasteiger partial charge in [-0.05, 0) is 6.42 Å². The van der Waals surface area contributed by atoms with Gasteiger partial charge in [-0.2, -0.15) is 19.9 Å². The zero-order chi connectivity index (χ0) is 30.4. The van der Waals surface area contributed by atoms with Crippen molar-refractivity contribution in [2.24, 2.45) is 0 Å². The van der Waals surface area contributed by atoms with E-state index in [9.17, 15) is 30.6 Å². The van der Waals surface area contributed by atoms with Crippen molar-refractivity contribution in [3.05, 3.63) is 12.7 Å². The summed E-state index contributed by atoms with van der Waals surface area (Å²) in [6.07, 6.45) is -5.87. The Kier molecular flexibility index (Phi) is 7.83. The Labute approximate surface area is 242 Å². The number of imidazole rings is 2. The fraction of sp³-hybridized carbons (Fsp3) is 0.565. The third kappa shape index (κ3) is 5.12. The predicted molar refractivity (Wildman–Crippen MR) is 147 cm³/mol. The summed E-state index contributed by atoms with van der Waals surface area (Å²) >= 11 is 0. The minimum absolute atomic E-state index is 0.0507. The van der Waals surface area contributed by atoms with E-state index in [1.807, 2.05) is 0 Å². The molecule has 2 fully saturated rings. The average molecular weight is 605 g/mol. The second-order valence-electron chi connectivity index (χ2n) is 10.2. The van der Waals surface area contributed by atoms with Crippen molar-refractivity contribution < 1.29 is 40.1 Å². The lowest BCUT2D eigenvalue weighted by molar-refractivity contribution is -0.0511. The van der Waals surface area contributed by atoms with Crippen LogP contribution in [-0.4, -0.2) is 133 Å². The highest BCUT2D eigenvalue weighted by atomic mass is 16.6. The fourth-order valence-corrected chi connectivity index (χ4v) is 5.21. The Morgan fingerprint density at radius 1 is 0.674 bits per heavy atom. The minimum atomic E-state index is -1.32. The molecule has 6 heterocycles. The molecule has 12 N–H and O–H groups in total. The van der Waals surface area contributed by atoms with E-state index in [4.69, 9.17) is 20.9 Å². The molecule has 2 aliphatic heterocycles. The highest BCUT2D eigenvalue weighted by molar-refractivity contribution is 5.85. The Bertz CT molecular complexity index is 1490. The summed E-state index contributed by atoms with van der Waals surface area (Å²) in [4.78, 5) is 25.5. The van der Waals surface area contributed by atoms with Crippen LogP contribution in [0.15, 0.2) is 12.7 Å². The number of ether oxygens (including phenoxy) is 2. The number of hydrogen-bond acceptors (Lipinski definition) is 18. The maximum absolute atomic E-state index is 10.4. The van der Waals surface area contributed by atoms with E-state index in [0.29, 0.717) is 42.2 Å². The van der Waals surface area contributed by atoms with Crippen molar-refractivity contribution in [2.75, 3.05) is 48.4 Å². The molecule has 0 saturated carbocycles. The van der Waals surface area contributed by atoms with Crippen LogP contribution in [0.3, 0.4) is 0 Å². The number of aliphatic hydroxyl groups excluding tert-OH is 6. The molecule has 43 heavy (non-hydrogen) atoms. The highest BCUT2D eigenvalue weighted by Crippen LogP contribution is 2.34. The molecule has 2 saturated heterocycles. The van der Waals surface area contributed by atoms with Crippen molar-refractivity contribution in [3.63, 3.8) is 0 Å².